The van der Waals surface area contributed by atoms with Gasteiger partial charge in [-0.2, -0.15) is 0 Å². The Kier molecular flexibility index (Phi) is 5.84. The van der Waals surface area contributed by atoms with Gasteiger partial charge < -0.3 is 19.2 Å². The number of piperidine rings is 1. The van der Waals surface area contributed by atoms with Crippen LogP contribution in [0.3, 0.4) is 0 Å². The second-order valence-corrected chi connectivity index (χ2v) is 8.73. The molecule has 3 heterocycles. The van der Waals surface area contributed by atoms with E-state index in [4.69, 9.17) is 9.15 Å². The van der Waals surface area contributed by atoms with Gasteiger partial charge in [-0.25, -0.2) is 4.79 Å². The molecule has 2 aliphatic rings. The second-order valence-electron chi connectivity index (χ2n) is 8.73. The summed E-state index contributed by atoms with van der Waals surface area (Å²) in [7, 11) is 0. The van der Waals surface area contributed by atoms with Crippen molar-refractivity contribution in [3.05, 3.63) is 39.7 Å². The molecule has 1 amide bonds. The van der Waals surface area contributed by atoms with Crippen LogP contribution >= 0.6 is 0 Å². The Morgan fingerprint density at radius 3 is 2.50 bits per heavy atom. The number of carbonyl (C=O) groups excluding carboxylic acids is 1. The number of aromatic hydroxyl groups is 1. The molecule has 2 atom stereocenters. The summed E-state index contributed by atoms with van der Waals surface area (Å²) in [5.74, 6) is 0.415. The first-order chi connectivity index (χ1) is 14.3. The van der Waals surface area contributed by atoms with Gasteiger partial charge in [0.05, 0.1) is 12.2 Å². The summed E-state index contributed by atoms with van der Waals surface area (Å²) in [6, 6.07) is 4.97. The molecular weight excluding hydrogens is 384 g/mol. The zero-order valence-corrected chi connectivity index (χ0v) is 17.9. The molecule has 4 rings (SSSR count). The Balaban J connectivity index is 1.42. The Morgan fingerprint density at radius 2 is 1.83 bits per heavy atom. The lowest BCUT2D eigenvalue weighted by Crippen LogP contribution is -2.51. The molecule has 7 heteroatoms. The zero-order valence-electron chi connectivity index (χ0n) is 17.9. The number of likely N-dealkylation sites (tertiary alicyclic amines) is 1. The number of amides is 1. The molecule has 0 aliphatic carbocycles. The van der Waals surface area contributed by atoms with Crippen molar-refractivity contribution >= 4 is 16.9 Å². The summed E-state index contributed by atoms with van der Waals surface area (Å²) >= 11 is 0. The lowest BCUT2D eigenvalue weighted by molar-refractivity contribution is -0.148. The van der Waals surface area contributed by atoms with E-state index in [9.17, 15) is 14.7 Å². The van der Waals surface area contributed by atoms with E-state index < -0.39 is 5.63 Å². The van der Waals surface area contributed by atoms with Gasteiger partial charge in [0.1, 0.15) is 11.3 Å². The highest BCUT2D eigenvalue weighted by atomic mass is 16.5. The molecule has 2 saturated heterocycles. The van der Waals surface area contributed by atoms with Gasteiger partial charge in [-0.1, -0.05) is 0 Å². The average molecular weight is 415 g/mol. The van der Waals surface area contributed by atoms with E-state index in [1.807, 2.05) is 18.7 Å². The second kappa shape index (κ2) is 8.40. The van der Waals surface area contributed by atoms with Crippen molar-refractivity contribution in [1.82, 2.24) is 9.80 Å². The number of benzene rings is 1. The Morgan fingerprint density at radius 1 is 1.17 bits per heavy atom. The maximum absolute atomic E-state index is 13.0. The lowest BCUT2D eigenvalue weighted by atomic mass is 9.94. The molecule has 1 aromatic heterocycles. The summed E-state index contributed by atoms with van der Waals surface area (Å²) < 4.78 is 11.1. The number of phenols is 1. The normalized spacial score (nSPS) is 23.8. The number of rotatable bonds is 3. The van der Waals surface area contributed by atoms with Crippen LogP contribution in [0.2, 0.25) is 0 Å². The zero-order chi connectivity index (χ0) is 21.4. The minimum atomic E-state index is -0.410. The lowest BCUT2D eigenvalue weighted by Gasteiger charge is -2.39. The van der Waals surface area contributed by atoms with Crippen LogP contribution in [0.1, 0.15) is 37.8 Å². The first-order valence-electron chi connectivity index (χ1n) is 10.7. The van der Waals surface area contributed by atoms with Crippen molar-refractivity contribution in [2.45, 2.75) is 52.4 Å². The molecule has 2 fully saturated rings. The van der Waals surface area contributed by atoms with Gasteiger partial charge in [0.2, 0.25) is 5.91 Å². The van der Waals surface area contributed by atoms with Crippen LogP contribution < -0.4 is 5.63 Å². The topological polar surface area (TPSA) is 83.2 Å². The standard InChI is InChI=1S/C23H30N2O5/c1-14-11-25(12-15(2)29-14)23(28)17-6-8-24(9-7-17)13-18-10-21(27)30-22-16(3)20(26)5-4-19(18)22/h4-5,10,14-15,17,26H,6-9,11-13H2,1-3H3. The smallest absolute Gasteiger partial charge is 0.336 e. The van der Waals surface area contributed by atoms with Crippen molar-refractivity contribution in [3.63, 3.8) is 0 Å². The predicted octanol–water partition coefficient (Wildman–Crippen LogP) is 2.65. The first kappa shape index (κ1) is 20.9. The van der Waals surface area contributed by atoms with Gasteiger partial charge >= 0.3 is 5.63 Å². The van der Waals surface area contributed by atoms with Crippen LogP contribution in [0.25, 0.3) is 11.0 Å². The number of phenolic OH excluding ortho intramolecular Hbond substituents is 1. The van der Waals surface area contributed by atoms with Gasteiger partial charge in [0.15, 0.2) is 0 Å². The molecule has 2 aromatic rings. The minimum absolute atomic E-state index is 0.0514. The summed E-state index contributed by atoms with van der Waals surface area (Å²) in [6.45, 7) is 9.35. The predicted molar refractivity (Wildman–Crippen MR) is 113 cm³/mol. The molecule has 1 aromatic carbocycles. The Labute approximate surface area is 176 Å². The van der Waals surface area contributed by atoms with Crippen LogP contribution in [0.15, 0.2) is 27.4 Å². The van der Waals surface area contributed by atoms with Gasteiger partial charge in [0.25, 0.3) is 0 Å². The fourth-order valence-corrected chi connectivity index (χ4v) is 4.74. The highest BCUT2D eigenvalue weighted by molar-refractivity contribution is 5.84. The molecule has 0 radical (unpaired) electrons. The number of nitrogens with zero attached hydrogens (tertiary/aromatic N) is 2. The Hall–Kier alpha value is -2.38. The number of aryl methyl sites for hydroxylation is 1. The van der Waals surface area contributed by atoms with Crippen LogP contribution in [0.5, 0.6) is 5.75 Å². The van der Waals surface area contributed by atoms with Crippen molar-refractivity contribution in [2.75, 3.05) is 26.2 Å². The van der Waals surface area contributed by atoms with E-state index in [1.54, 1.807) is 19.1 Å². The third kappa shape index (κ3) is 4.23. The van der Waals surface area contributed by atoms with E-state index in [0.29, 0.717) is 30.8 Å². The highest BCUT2D eigenvalue weighted by Gasteiger charge is 2.32. The molecule has 2 aliphatic heterocycles. The number of hydrogen-bond acceptors (Lipinski definition) is 6. The Bertz CT molecular complexity index is 983. The molecule has 1 N–H and O–H groups in total. The van der Waals surface area contributed by atoms with Crippen LogP contribution in [-0.4, -0.2) is 59.2 Å². The van der Waals surface area contributed by atoms with Gasteiger partial charge in [-0.3, -0.25) is 9.69 Å². The summed E-state index contributed by atoms with van der Waals surface area (Å²) in [5.41, 5.74) is 1.50. The van der Waals surface area contributed by atoms with Gasteiger partial charge in [0, 0.05) is 42.6 Å². The summed E-state index contributed by atoms with van der Waals surface area (Å²) in [5, 5.41) is 10.8. The van der Waals surface area contributed by atoms with Crippen LogP contribution in [0.4, 0.5) is 0 Å². The van der Waals surface area contributed by atoms with E-state index in [-0.39, 0.29) is 29.8 Å². The SMILES string of the molecule is Cc1c(O)ccc2c(CN3CCC(C(=O)N4CC(C)OC(C)C4)CC3)cc(=O)oc12. The number of morpholine rings is 1. The molecule has 0 bridgehead atoms. The monoisotopic (exact) mass is 414 g/mol. The quantitative estimate of drug-likeness (QED) is 0.778. The van der Waals surface area contributed by atoms with Crippen molar-refractivity contribution in [1.29, 1.82) is 0 Å². The fourth-order valence-electron chi connectivity index (χ4n) is 4.74. The minimum Gasteiger partial charge on any atom is -0.508 e. The van der Waals surface area contributed by atoms with Gasteiger partial charge in [-0.05, 0) is 64.4 Å². The molecule has 7 nitrogen and oxygen atoms in total. The van der Waals surface area contributed by atoms with Crippen molar-refractivity contribution < 1.29 is 19.1 Å². The van der Waals surface area contributed by atoms with E-state index in [0.717, 1.165) is 36.9 Å². The maximum atomic E-state index is 13.0. The van der Waals surface area contributed by atoms with Crippen LogP contribution in [0, 0.1) is 12.8 Å². The summed E-state index contributed by atoms with van der Waals surface area (Å²) in [4.78, 5) is 29.3. The highest BCUT2D eigenvalue weighted by Crippen LogP contribution is 2.29. The molecular formula is C23H30N2O5. The number of ether oxygens (including phenoxy) is 1. The number of hydrogen-bond donors (Lipinski definition) is 1. The largest absolute Gasteiger partial charge is 0.508 e. The van der Waals surface area contributed by atoms with E-state index in [1.165, 1.54) is 6.07 Å². The summed E-state index contributed by atoms with van der Waals surface area (Å²) in [6.07, 6.45) is 1.80. The van der Waals surface area contributed by atoms with Crippen LogP contribution in [-0.2, 0) is 16.1 Å². The van der Waals surface area contributed by atoms with Crippen molar-refractivity contribution in [3.8, 4) is 5.75 Å². The molecule has 0 spiro atoms. The van der Waals surface area contributed by atoms with Gasteiger partial charge in [-0.15, -0.1) is 0 Å². The third-order valence-corrected chi connectivity index (χ3v) is 6.28. The third-order valence-electron chi connectivity index (χ3n) is 6.28. The molecule has 0 saturated carbocycles. The van der Waals surface area contributed by atoms with E-state index >= 15 is 0 Å². The number of carbonyl (C=O) groups is 1. The molecule has 30 heavy (non-hydrogen) atoms. The average Bonchev–Trinajstić information content (AvgIpc) is 2.70. The maximum Gasteiger partial charge on any atom is 0.336 e. The number of fused-ring (bicyclic) bond motifs is 1. The van der Waals surface area contributed by atoms with E-state index in [2.05, 4.69) is 4.90 Å². The molecule has 2 unspecified atom stereocenters. The fraction of sp³-hybridized carbons (Fsp3) is 0.565. The van der Waals surface area contributed by atoms with Crippen molar-refractivity contribution in [2.24, 2.45) is 5.92 Å². The first-order valence-corrected chi connectivity index (χ1v) is 10.7. The molecule has 162 valence electrons.